The summed E-state index contributed by atoms with van der Waals surface area (Å²) in [6, 6.07) is 12.3. The van der Waals surface area contributed by atoms with E-state index in [0.29, 0.717) is 5.57 Å². The molecule has 12 nitrogen and oxygen atoms in total. The largest absolute Gasteiger partial charge is 0.508 e. The Kier molecular flexibility index (Phi) is 7.91. The van der Waals surface area contributed by atoms with Crippen LogP contribution in [-0.4, -0.2) is 58.0 Å². The van der Waals surface area contributed by atoms with Gasteiger partial charge in [-0.15, -0.1) is 0 Å². The zero-order valence-corrected chi connectivity index (χ0v) is 28.3. The highest BCUT2D eigenvalue weighted by Gasteiger charge is 2.70. The molecule has 3 aliphatic rings. The standard InChI is InChI=1S/C40H36O12/c1-18(2)10-11-39-38(49)35-32(52-40(39,50)27-9-6-22(43)16-31(27)51-39)17-30(46)34(37(35)48)26-13-19(3)12-25(23-7-4-20(41)14-28(23)44)33(26)36(47)24-8-5-21(42)15-29(24)45/h4-10,13-17,25-26,33,41-46,48,50H,11-12H2,1-3H3/t25-,26-,33-,39+,40+/m0/s1. The third-order valence-electron chi connectivity index (χ3n) is 10.2. The van der Waals surface area contributed by atoms with Crippen molar-refractivity contribution in [1.82, 2.24) is 0 Å². The van der Waals surface area contributed by atoms with Gasteiger partial charge >= 0.3 is 0 Å². The van der Waals surface area contributed by atoms with Crippen molar-refractivity contribution in [1.29, 1.82) is 0 Å². The molecule has 0 amide bonds. The first-order valence-corrected chi connectivity index (χ1v) is 16.5. The van der Waals surface area contributed by atoms with Crippen molar-refractivity contribution >= 4 is 11.6 Å². The number of ketones is 2. The summed E-state index contributed by atoms with van der Waals surface area (Å²) < 4.78 is 12.3. The van der Waals surface area contributed by atoms with E-state index in [1.807, 2.05) is 0 Å². The van der Waals surface area contributed by atoms with Gasteiger partial charge in [-0.1, -0.05) is 29.4 Å². The van der Waals surface area contributed by atoms with E-state index >= 15 is 0 Å². The maximum absolute atomic E-state index is 14.8. The van der Waals surface area contributed by atoms with Gasteiger partial charge < -0.3 is 50.3 Å². The Hall–Kier alpha value is -6.14. The molecule has 5 atom stereocenters. The summed E-state index contributed by atoms with van der Waals surface area (Å²) in [7, 11) is 0. The number of aromatic hydroxyl groups is 7. The van der Waals surface area contributed by atoms with E-state index in [1.54, 1.807) is 32.9 Å². The minimum absolute atomic E-state index is 0.0310. The first-order valence-electron chi connectivity index (χ1n) is 16.5. The van der Waals surface area contributed by atoms with E-state index < -0.39 is 63.5 Å². The molecule has 4 aromatic rings. The van der Waals surface area contributed by atoms with Gasteiger partial charge in [-0.05, 0) is 63.1 Å². The SMILES string of the molecule is CC(C)=CC[C@]12Oc3cc(O)ccc3[C@@]1(O)Oc1cc(O)c([C@H]3C=C(C)C[C@@H](c4ccc(O)cc4O)[C@@H]3C(=O)c3ccc(O)cc3O)c(O)c1C2=O. The van der Waals surface area contributed by atoms with Crippen LogP contribution in [-0.2, 0) is 5.79 Å². The number of phenols is 7. The zero-order chi connectivity index (χ0) is 37.4. The Bertz CT molecular complexity index is 2250. The van der Waals surface area contributed by atoms with Gasteiger partial charge in [0, 0.05) is 54.0 Å². The number of phenolic OH excluding ortho intramolecular Hbond substituents is 7. The van der Waals surface area contributed by atoms with E-state index in [2.05, 4.69) is 0 Å². The number of carbonyl (C=O) groups is 2. The van der Waals surface area contributed by atoms with Crippen LogP contribution in [0.25, 0.3) is 0 Å². The molecule has 7 rings (SSSR count). The molecule has 2 heterocycles. The van der Waals surface area contributed by atoms with E-state index in [-0.39, 0.29) is 69.6 Å². The highest BCUT2D eigenvalue weighted by Crippen LogP contribution is 2.60. The lowest BCUT2D eigenvalue weighted by Crippen LogP contribution is -2.62. The number of fused-ring (bicyclic) bond motifs is 4. The topological polar surface area (TPSA) is 214 Å². The first kappa shape index (κ1) is 34.3. The summed E-state index contributed by atoms with van der Waals surface area (Å²) in [5.74, 6) is -10.6. The number of hydrogen-bond acceptors (Lipinski definition) is 12. The number of benzene rings is 4. The van der Waals surface area contributed by atoms with Gasteiger partial charge in [0.05, 0.1) is 11.1 Å². The predicted molar refractivity (Wildman–Crippen MR) is 185 cm³/mol. The van der Waals surface area contributed by atoms with Crippen LogP contribution < -0.4 is 9.47 Å². The monoisotopic (exact) mass is 708 g/mol. The van der Waals surface area contributed by atoms with Crippen molar-refractivity contribution in [2.24, 2.45) is 5.92 Å². The number of carbonyl (C=O) groups excluding carboxylic acids is 2. The second kappa shape index (κ2) is 12.0. The Labute approximate surface area is 297 Å². The molecule has 52 heavy (non-hydrogen) atoms. The van der Waals surface area contributed by atoms with E-state index in [0.717, 1.165) is 23.8 Å². The first-order chi connectivity index (χ1) is 24.6. The molecule has 0 radical (unpaired) electrons. The molecule has 1 aliphatic carbocycles. The average molecular weight is 709 g/mol. The number of rotatable bonds is 6. The van der Waals surface area contributed by atoms with Crippen molar-refractivity contribution in [2.75, 3.05) is 0 Å². The summed E-state index contributed by atoms with van der Waals surface area (Å²) in [4.78, 5) is 29.4. The van der Waals surface area contributed by atoms with E-state index in [9.17, 15) is 50.4 Å². The van der Waals surface area contributed by atoms with Crippen LogP contribution in [0.5, 0.6) is 51.7 Å². The lowest BCUT2D eigenvalue weighted by molar-refractivity contribution is -0.221. The normalized spacial score (nSPS) is 24.4. The molecule has 0 saturated heterocycles. The van der Waals surface area contributed by atoms with Crippen LogP contribution in [0.3, 0.4) is 0 Å². The van der Waals surface area contributed by atoms with Gasteiger partial charge in [-0.3, -0.25) is 9.59 Å². The second-order valence-corrected chi connectivity index (χ2v) is 13.9. The van der Waals surface area contributed by atoms with Crippen molar-refractivity contribution in [3.05, 3.63) is 112 Å². The van der Waals surface area contributed by atoms with Gasteiger partial charge in [0.1, 0.15) is 57.3 Å². The Morgan fingerprint density at radius 3 is 2.15 bits per heavy atom. The van der Waals surface area contributed by atoms with Crippen LogP contribution in [0.1, 0.15) is 82.9 Å². The number of hydrogen-bond donors (Lipinski definition) is 8. The Morgan fingerprint density at radius 2 is 1.48 bits per heavy atom. The molecule has 12 heteroatoms. The van der Waals surface area contributed by atoms with E-state index in [1.165, 1.54) is 42.5 Å². The number of Topliss-reactive ketones (excluding diaryl/α,β-unsaturated/α-hetero) is 2. The van der Waals surface area contributed by atoms with Crippen molar-refractivity contribution < 1.29 is 59.9 Å². The smallest absolute Gasteiger partial charge is 0.286 e. The summed E-state index contributed by atoms with van der Waals surface area (Å²) >= 11 is 0. The third kappa shape index (κ3) is 5.09. The molecule has 0 fully saturated rings. The molecule has 8 N–H and O–H groups in total. The number of aliphatic hydroxyl groups is 1. The summed E-state index contributed by atoms with van der Waals surface area (Å²) in [6.07, 6.45) is 3.28. The predicted octanol–water partition coefficient (Wildman–Crippen LogP) is 6.25. The minimum atomic E-state index is -2.45. The summed E-state index contributed by atoms with van der Waals surface area (Å²) in [5, 5.41) is 87.9. The fraction of sp³-hybridized carbons (Fsp3) is 0.250. The minimum Gasteiger partial charge on any atom is -0.508 e. The lowest BCUT2D eigenvalue weighted by Gasteiger charge is -2.43. The molecule has 2 aliphatic heterocycles. The van der Waals surface area contributed by atoms with Crippen molar-refractivity contribution in [3.63, 3.8) is 0 Å². The number of allylic oxidation sites excluding steroid dienone is 3. The Balaban J connectivity index is 1.44. The van der Waals surface area contributed by atoms with Crippen LogP contribution in [0.4, 0.5) is 0 Å². The summed E-state index contributed by atoms with van der Waals surface area (Å²) in [5.41, 5.74) is -1.30. The van der Waals surface area contributed by atoms with Crippen molar-refractivity contribution in [3.8, 4) is 51.7 Å². The average Bonchev–Trinajstić information content (AvgIpc) is 3.30. The van der Waals surface area contributed by atoms with Gasteiger partial charge in [-0.25, -0.2) is 0 Å². The third-order valence-corrected chi connectivity index (χ3v) is 10.2. The van der Waals surface area contributed by atoms with Gasteiger partial charge in [0.2, 0.25) is 11.4 Å². The van der Waals surface area contributed by atoms with Crippen LogP contribution >= 0.6 is 0 Å². The van der Waals surface area contributed by atoms with Crippen LogP contribution in [0.2, 0.25) is 0 Å². The van der Waals surface area contributed by atoms with Crippen LogP contribution in [0, 0.1) is 5.92 Å². The quantitative estimate of drug-likeness (QED) is 0.0824. The molecule has 0 saturated carbocycles. The van der Waals surface area contributed by atoms with Gasteiger partial charge in [0.25, 0.3) is 5.79 Å². The molecular formula is C40H36O12. The fourth-order valence-corrected chi connectivity index (χ4v) is 7.81. The van der Waals surface area contributed by atoms with E-state index in [4.69, 9.17) is 9.47 Å². The molecule has 4 aromatic carbocycles. The molecule has 0 unspecified atom stereocenters. The molecule has 0 bridgehead atoms. The van der Waals surface area contributed by atoms with Crippen molar-refractivity contribution in [2.45, 2.75) is 56.8 Å². The second-order valence-electron chi connectivity index (χ2n) is 13.9. The highest BCUT2D eigenvalue weighted by atomic mass is 16.7. The van der Waals surface area contributed by atoms with Gasteiger partial charge in [-0.2, -0.15) is 0 Å². The molecule has 0 aromatic heterocycles. The molecule has 268 valence electrons. The highest BCUT2D eigenvalue weighted by molar-refractivity contribution is 6.10. The maximum Gasteiger partial charge on any atom is 0.286 e. The summed E-state index contributed by atoms with van der Waals surface area (Å²) in [6.45, 7) is 5.31. The molecular weight excluding hydrogens is 672 g/mol. The Morgan fingerprint density at radius 1 is 0.827 bits per heavy atom. The maximum atomic E-state index is 14.8. The number of ether oxygens (including phenoxy) is 2. The van der Waals surface area contributed by atoms with Gasteiger partial charge in [0.15, 0.2) is 5.78 Å². The fourth-order valence-electron chi connectivity index (χ4n) is 7.81. The zero-order valence-electron chi connectivity index (χ0n) is 28.3. The van der Waals surface area contributed by atoms with Crippen LogP contribution in [0.15, 0.2) is 84.0 Å². The molecule has 0 spiro atoms. The lowest BCUT2D eigenvalue weighted by atomic mass is 9.65.